The minimum atomic E-state index is 0.0679. The predicted molar refractivity (Wildman–Crippen MR) is 93.6 cm³/mol. The topological polar surface area (TPSA) is 46.2 Å². The first kappa shape index (κ1) is 21.1. The van der Waals surface area contributed by atoms with E-state index in [-0.39, 0.29) is 5.91 Å². The van der Waals surface area contributed by atoms with E-state index in [0.717, 1.165) is 12.8 Å². The predicted octanol–water partition coefficient (Wildman–Crippen LogP) is 5.08. The molecule has 0 spiro atoms. The summed E-state index contributed by atoms with van der Waals surface area (Å²) in [7, 11) is 0. The second-order valence-electron chi connectivity index (χ2n) is 6.24. The molecule has 3 nitrogen and oxygen atoms in total. The standard InChI is InChI=1S/C19H36NO2/c1-2-3-4-5-6-7-8-9-10-11-12-13-14-16-19(22)20-17-15-18-21/h2-17H2,1H3,(H,20,22). The fraction of sp³-hybridized carbons (Fsp3) is 0.895. The number of unbranched alkanes of at least 4 members (excludes halogenated alkanes) is 12. The van der Waals surface area contributed by atoms with Gasteiger partial charge in [-0.2, -0.15) is 0 Å². The Hall–Kier alpha value is -0.860. The molecular formula is C19H36NO2. The normalized spacial score (nSPS) is 10.6. The van der Waals surface area contributed by atoms with Gasteiger partial charge in [0.1, 0.15) is 0 Å². The summed E-state index contributed by atoms with van der Waals surface area (Å²) >= 11 is 0. The van der Waals surface area contributed by atoms with Crippen molar-refractivity contribution in [2.24, 2.45) is 0 Å². The number of hydrogen-bond donors (Lipinski definition) is 1. The lowest BCUT2D eigenvalue weighted by atomic mass is 10.0. The Labute approximate surface area is 137 Å². The van der Waals surface area contributed by atoms with Gasteiger partial charge < -0.3 is 5.32 Å². The number of carbonyl (C=O) groups excluding carboxylic acids is 2. The zero-order chi connectivity index (χ0) is 16.3. The molecule has 0 aromatic rings. The van der Waals surface area contributed by atoms with Crippen LogP contribution in [-0.2, 0) is 9.59 Å². The van der Waals surface area contributed by atoms with E-state index in [1.54, 1.807) is 6.29 Å². The first-order chi connectivity index (χ1) is 10.8. The van der Waals surface area contributed by atoms with E-state index >= 15 is 0 Å². The first-order valence-electron chi connectivity index (χ1n) is 9.43. The van der Waals surface area contributed by atoms with Crippen molar-refractivity contribution in [3.63, 3.8) is 0 Å². The van der Waals surface area contributed by atoms with Gasteiger partial charge in [0.05, 0.1) is 0 Å². The Kier molecular flexibility index (Phi) is 17.5. The van der Waals surface area contributed by atoms with Crippen LogP contribution in [0.25, 0.3) is 0 Å². The van der Waals surface area contributed by atoms with Crippen molar-refractivity contribution in [1.29, 1.82) is 0 Å². The Morgan fingerprint density at radius 1 is 0.773 bits per heavy atom. The van der Waals surface area contributed by atoms with E-state index in [4.69, 9.17) is 0 Å². The highest BCUT2D eigenvalue weighted by molar-refractivity contribution is 5.76. The van der Waals surface area contributed by atoms with Crippen molar-refractivity contribution in [3.8, 4) is 0 Å². The maximum Gasteiger partial charge on any atom is 0.220 e. The molecule has 129 valence electrons. The van der Waals surface area contributed by atoms with Crippen LogP contribution in [0.3, 0.4) is 0 Å². The molecule has 0 aliphatic carbocycles. The van der Waals surface area contributed by atoms with Crippen molar-refractivity contribution >= 4 is 12.2 Å². The quantitative estimate of drug-likeness (QED) is 0.381. The van der Waals surface area contributed by atoms with E-state index in [2.05, 4.69) is 12.2 Å². The summed E-state index contributed by atoms with van der Waals surface area (Å²) in [6.45, 7) is 2.69. The average molecular weight is 311 g/mol. The molecule has 0 atom stereocenters. The molecule has 0 aromatic carbocycles. The second kappa shape index (κ2) is 18.2. The summed E-state index contributed by atoms with van der Waals surface area (Å²) < 4.78 is 0. The maximum atomic E-state index is 11.4. The van der Waals surface area contributed by atoms with Gasteiger partial charge in [-0.05, 0) is 6.42 Å². The summed E-state index contributed by atoms with van der Waals surface area (Å²) in [5, 5.41) is 2.73. The molecular weight excluding hydrogens is 274 g/mol. The van der Waals surface area contributed by atoms with Gasteiger partial charge in [0.25, 0.3) is 0 Å². The van der Waals surface area contributed by atoms with Crippen LogP contribution in [0.4, 0.5) is 0 Å². The van der Waals surface area contributed by atoms with E-state index in [9.17, 15) is 9.59 Å². The van der Waals surface area contributed by atoms with Crippen LogP contribution in [0.1, 0.15) is 103 Å². The summed E-state index contributed by atoms with van der Waals surface area (Å²) in [5.74, 6) is 0.0679. The van der Waals surface area contributed by atoms with Gasteiger partial charge in [0.15, 0.2) is 6.29 Å². The molecule has 0 aromatic heterocycles. The molecule has 0 saturated carbocycles. The monoisotopic (exact) mass is 310 g/mol. The molecule has 0 unspecified atom stereocenters. The van der Waals surface area contributed by atoms with Crippen LogP contribution in [0, 0.1) is 0 Å². The Bertz CT molecular complexity index is 254. The van der Waals surface area contributed by atoms with Gasteiger partial charge >= 0.3 is 0 Å². The lowest BCUT2D eigenvalue weighted by Crippen LogP contribution is -2.24. The second-order valence-corrected chi connectivity index (χ2v) is 6.24. The fourth-order valence-corrected chi connectivity index (χ4v) is 2.64. The average Bonchev–Trinajstić information content (AvgIpc) is 2.52. The Morgan fingerprint density at radius 2 is 1.23 bits per heavy atom. The van der Waals surface area contributed by atoms with Gasteiger partial charge in [-0.3, -0.25) is 9.59 Å². The molecule has 0 aliphatic heterocycles. The highest BCUT2D eigenvalue weighted by atomic mass is 16.1. The van der Waals surface area contributed by atoms with Crippen molar-refractivity contribution < 1.29 is 9.59 Å². The Balaban J connectivity index is 3.08. The fourth-order valence-electron chi connectivity index (χ4n) is 2.64. The minimum Gasteiger partial charge on any atom is -0.356 e. The van der Waals surface area contributed by atoms with E-state index in [0.29, 0.717) is 19.4 Å². The molecule has 22 heavy (non-hydrogen) atoms. The van der Waals surface area contributed by atoms with Crippen LogP contribution >= 0.6 is 0 Å². The molecule has 0 heterocycles. The van der Waals surface area contributed by atoms with E-state index in [1.165, 1.54) is 70.6 Å². The lowest BCUT2D eigenvalue weighted by Gasteiger charge is -2.04. The van der Waals surface area contributed by atoms with Crippen LogP contribution in [0.2, 0.25) is 0 Å². The van der Waals surface area contributed by atoms with E-state index < -0.39 is 0 Å². The lowest BCUT2D eigenvalue weighted by molar-refractivity contribution is -0.121. The van der Waals surface area contributed by atoms with Gasteiger partial charge in [-0.1, -0.05) is 84.0 Å². The largest absolute Gasteiger partial charge is 0.356 e. The number of nitrogens with one attached hydrogen (secondary N) is 1. The van der Waals surface area contributed by atoms with Crippen molar-refractivity contribution in [3.05, 3.63) is 0 Å². The third-order valence-electron chi connectivity index (χ3n) is 4.06. The molecule has 0 aliphatic rings. The Morgan fingerprint density at radius 3 is 1.68 bits per heavy atom. The van der Waals surface area contributed by atoms with Gasteiger partial charge in [-0.15, -0.1) is 0 Å². The van der Waals surface area contributed by atoms with Crippen molar-refractivity contribution in [2.75, 3.05) is 6.54 Å². The van der Waals surface area contributed by atoms with Gasteiger partial charge in [-0.25, -0.2) is 0 Å². The van der Waals surface area contributed by atoms with E-state index in [1.807, 2.05) is 0 Å². The number of rotatable bonds is 17. The summed E-state index contributed by atoms with van der Waals surface area (Å²) in [5.41, 5.74) is 0. The molecule has 3 heteroatoms. The summed E-state index contributed by atoms with van der Waals surface area (Å²) in [6, 6.07) is 0. The molecule has 0 rings (SSSR count). The van der Waals surface area contributed by atoms with Crippen molar-refractivity contribution in [1.82, 2.24) is 5.32 Å². The zero-order valence-electron chi connectivity index (χ0n) is 14.6. The molecule has 0 fully saturated rings. The van der Waals surface area contributed by atoms with Crippen molar-refractivity contribution in [2.45, 2.75) is 103 Å². The summed E-state index contributed by atoms with van der Waals surface area (Å²) in [6.07, 6.45) is 19.8. The first-order valence-corrected chi connectivity index (χ1v) is 9.43. The molecule has 1 N–H and O–H groups in total. The van der Waals surface area contributed by atoms with Crippen LogP contribution in [-0.4, -0.2) is 18.7 Å². The van der Waals surface area contributed by atoms with Crippen LogP contribution in [0.15, 0.2) is 0 Å². The zero-order valence-corrected chi connectivity index (χ0v) is 14.6. The smallest absolute Gasteiger partial charge is 0.220 e. The highest BCUT2D eigenvalue weighted by Crippen LogP contribution is 2.12. The minimum absolute atomic E-state index is 0.0679. The molecule has 0 bridgehead atoms. The number of hydrogen-bond acceptors (Lipinski definition) is 2. The maximum absolute atomic E-state index is 11.4. The number of amides is 1. The van der Waals surface area contributed by atoms with Crippen LogP contribution in [0.5, 0.6) is 0 Å². The third-order valence-corrected chi connectivity index (χ3v) is 4.06. The summed E-state index contributed by atoms with van der Waals surface area (Å²) in [4.78, 5) is 21.4. The molecule has 1 amide bonds. The van der Waals surface area contributed by atoms with Gasteiger partial charge in [0.2, 0.25) is 5.91 Å². The third kappa shape index (κ3) is 17.2. The number of carbonyl (C=O) groups is 1. The van der Waals surface area contributed by atoms with Crippen LogP contribution < -0.4 is 5.32 Å². The molecule has 0 saturated heterocycles. The highest BCUT2D eigenvalue weighted by Gasteiger charge is 2.00. The molecule has 1 radical (unpaired) electrons. The van der Waals surface area contributed by atoms with Gasteiger partial charge in [0, 0.05) is 19.4 Å². The SMILES string of the molecule is CCCCCCCCCCCCCCCC(=O)NCC[C]=O.